The van der Waals surface area contributed by atoms with Gasteiger partial charge >= 0.3 is 0 Å². The second-order valence-corrected chi connectivity index (χ2v) is 5.29. The summed E-state index contributed by atoms with van der Waals surface area (Å²) in [6.07, 6.45) is 4.70. The van der Waals surface area contributed by atoms with Crippen LogP contribution in [0.4, 0.5) is 0 Å². The van der Waals surface area contributed by atoms with Crippen molar-refractivity contribution < 1.29 is 9.26 Å². The van der Waals surface area contributed by atoms with Crippen molar-refractivity contribution in [3.05, 3.63) is 23.8 Å². The first kappa shape index (κ1) is 12.5. The first-order valence-corrected chi connectivity index (χ1v) is 7.17. The lowest BCUT2D eigenvalue weighted by molar-refractivity contribution is 0.00780. The van der Waals surface area contributed by atoms with Crippen LogP contribution in [0.15, 0.2) is 22.0 Å². The Labute approximate surface area is 114 Å². The zero-order chi connectivity index (χ0) is 13.1. The summed E-state index contributed by atoms with van der Waals surface area (Å²) in [6, 6.07) is 1.81. The molecule has 2 aromatic rings. The molecule has 0 aliphatic carbocycles. The minimum absolute atomic E-state index is 0.0346. The number of rotatable bonds is 4. The van der Waals surface area contributed by atoms with Gasteiger partial charge in [0.2, 0.25) is 5.16 Å². The predicted molar refractivity (Wildman–Crippen MR) is 68.8 cm³/mol. The Bertz CT molecular complexity index is 521. The Hall–Kier alpha value is -1.54. The fourth-order valence-electron chi connectivity index (χ4n) is 2.00. The number of thioether (sulfide) groups is 1. The molecule has 0 bridgehead atoms. The number of hydrogen-bond donors (Lipinski definition) is 1. The lowest BCUT2D eigenvalue weighted by atomic mass is 10.1. The summed E-state index contributed by atoms with van der Waals surface area (Å²) in [7, 11) is 0. The van der Waals surface area contributed by atoms with E-state index in [0.717, 1.165) is 31.6 Å². The molecular formula is C11H15N5O2S. The van der Waals surface area contributed by atoms with Gasteiger partial charge < -0.3 is 15.1 Å². The van der Waals surface area contributed by atoms with Crippen LogP contribution in [0, 0.1) is 0 Å². The number of ether oxygens (including phenoxy) is 1. The Morgan fingerprint density at radius 3 is 3.11 bits per heavy atom. The van der Waals surface area contributed by atoms with Crippen molar-refractivity contribution in [3.63, 3.8) is 0 Å². The van der Waals surface area contributed by atoms with Gasteiger partial charge in [0.25, 0.3) is 0 Å². The van der Waals surface area contributed by atoms with Crippen LogP contribution in [0.25, 0.3) is 0 Å². The van der Waals surface area contributed by atoms with E-state index >= 15 is 0 Å². The van der Waals surface area contributed by atoms with Gasteiger partial charge in [0.1, 0.15) is 12.4 Å². The highest BCUT2D eigenvalue weighted by Crippen LogP contribution is 2.28. The van der Waals surface area contributed by atoms with Crippen LogP contribution in [0.1, 0.15) is 36.9 Å². The molecule has 0 amide bonds. The van der Waals surface area contributed by atoms with Crippen molar-refractivity contribution in [3.8, 4) is 0 Å². The van der Waals surface area contributed by atoms with Crippen LogP contribution in [-0.4, -0.2) is 26.6 Å². The molecule has 8 heteroatoms. The van der Waals surface area contributed by atoms with Gasteiger partial charge in [-0.05, 0) is 19.3 Å². The summed E-state index contributed by atoms with van der Waals surface area (Å²) in [5.41, 5.74) is 0.850. The molecule has 0 radical (unpaired) electrons. The zero-order valence-corrected chi connectivity index (χ0v) is 11.2. The van der Waals surface area contributed by atoms with E-state index in [9.17, 15) is 0 Å². The van der Waals surface area contributed by atoms with Crippen molar-refractivity contribution >= 4 is 11.8 Å². The molecule has 1 aliphatic rings. The van der Waals surface area contributed by atoms with Gasteiger partial charge in [-0.1, -0.05) is 16.9 Å². The van der Waals surface area contributed by atoms with Crippen LogP contribution in [-0.2, 0) is 10.5 Å². The molecule has 1 saturated heterocycles. The van der Waals surface area contributed by atoms with Crippen molar-refractivity contribution in [2.75, 3.05) is 12.4 Å². The highest BCUT2D eigenvalue weighted by molar-refractivity contribution is 7.98. The molecule has 3 rings (SSSR count). The molecule has 1 fully saturated rings. The second kappa shape index (κ2) is 5.62. The van der Waals surface area contributed by atoms with E-state index in [0.29, 0.717) is 16.7 Å². The average Bonchev–Trinajstić information content (AvgIpc) is 3.07. The lowest BCUT2D eigenvalue weighted by Crippen LogP contribution is -2.21. The predicted octanol–water partition coefficient (Wildman–Crippen LogP) is 1.51. The topological polar surface area (TPSA) is 92.0 Å². The van der Waals surface area contributed by atoms with Crippen molar-refractivity contribution in [2.24, 2.45) is 0 Å². The molecule has 0 saturated carbocycles. The van der Waals surface area contributed by atoms with Crippen LogP contribution in [0.2, 0.25) is 0 Å². The number of aromatic nitrogens is 4. The van der Waals surface area contributed by atoms with Crippen molar-refractivity contribution in [2.45, 2.75) is 36.3 Å². The SMILES string of the molecule is Nn1c(SCc2ccon2)nnc1[C@@H]1CCCCO1. The lowest BCUT2D eigenvalue weighted by Gasteiger charge is -2.21. The number of nitrogens with zero attached hydrogens (tertiary/aromatic N) is 4. The third-order valence-electron chi connectivity index (χ3n) is 3.00. The quantitative estimate of drug-likeness (QED) is 0.670. The molecule has 102 valence electrons. The summed E-state index contributed by atoms with van der Waals surface area (Å²) in [5.74, 6) is 7.37. The number of hydrogen-bond acceptors (Lipinski definition) is 7. The van der Waals surface area contributed by atoms with Gasteiger partial charge in [-0.2, -0.15) is 0 Å². The van der Waals surface area contributed by atoms with Crippen LogP contribution in [0.5, 0.6) is 0 Å². The smallest absolute Gasteiger partial charge is 0.210 e. The zero-order valence-electron chi connectivity index (χ0n) is 10.4. The molecule has 19 heavy (non-hydrogen) atoms. The van der Waals surface area contributed by atoms with E-state index in [-0.39, 0.29) is 6.10 Å². The van der Waals surface area contributed by atoms with Crippen molar-refractivity contribution in [1.82, 2.24) is 20.0 Å². The highest BCUT2D eigenvalue weighted by Gasteiger charge is 2.23. The molecule has 0 spiro atoms. The summed E-state index contributed by atoms with van der Waals surface area (Å²) in [5, 5.41) is 12.7. The van der Waals surface area contributed by atoms with Gasteiger partial charge in [0, 0.05) is 18.4 Å². The monoisotopic (exact) mass is 281 g/mol. The highest BCUT2D eigenvalue weighted by atomic mass is 32.2. The third kappa shape index (κ3) is 2.74. The van der Waals surface area contributed by atoms with E-state index in [1.807, 2.05) is 6.07 Å². The largest absolute Gasteiger partial charge is 0.370 e. The van der Waals surface area contributed by atoms with E-state index in [1.54, 1.807) is 6.26 Å². The molecule has 0 unspecified atom stereocenters. The first-order valence-electron chi connectivity index (χ1n) is 6.18. The fourth-order valence-corrected chi connectivity index (χ4v) is 2.76. The maximum atomic E-state index is 6.02. The number of nitrogen functional groups attached to an aromatic ring is 1. The summed E-state index contributed by atoms with van der Waals surface area (Å²) >= 11 is 1.48. The summed E-state index contributed by atoms with van der Waals surface area (Å²) < 4.78 is 12.0. The molecule has 1 atom stereocenters. The van der Waals surface area contributed by atoms with Crippen molar-refractivity contribution in [1.29, 1.82) is 0 Å². The maximum Gasteiger partial charge on any atom is 0.210 e. The van der Waals surface area contributed by atoms with Gasteiger partial charge in [0.15, 0.2) is 5.82 Å². The van der Waals surface area contributed by atoms with Crippen LogP contribution < -0.4 is 5.84 Å². The molecule has 0 aromatic carbocycles. The van der Waals surface area contributed by atoms with E-state index < -0.39 is 0 Å². The van der Waals surface area contributed by atoms with Gasteiger partial charge in [-0.25, -0.2) is 4.68 Å². The Morgan fingerprint density at radius 2 is 2.37 bits per heavy atom. The van der Waals surface area contributed by atoms with E-state index in [2.05, 4.69) is 15.4 Å². The Morgan fingerprint density at radius 1 is 1.42 bits per heavy atom. The van der Waals surface area contributed by atoms with Gasteiger partial charge in [0.05, 0.1) is 5.69 Å². The molecule has 1 aliphatic heterocycles. The standard InChI is InChI=1S/C11H15N5O2S/c12-16-10(9-3-1-2-5-17-9)13-14-11(16)19-7-8-4-6-18-15-8/h4,6,9H,1-3,5,7,12H2/t9-/m0/s1. The van der Waals surface area contributed by atoms with E-state index in [4.69, 9.17) is 15.1 Å². The minimum Gasteiger partial charge on any atom is -0.370 e. The minimum atomic E-state index is -0.0346. The second-order valence-electron chi connectivity index (χ2n) is 4.35. The van der Waals surface area contributed by atoms with E-state index in [1.165, 1.54) is 16.4 Å². The van der Waals surface area contributed by atoms with Crippen LogP contribution >= 0.6 is 11.8 Å². The number of nitrogens with two attached hydrogens (primary N) is 1. The molecule has 7 nitrogen and oxygen atoms in total. The first-order chi connectivity index (χ1) is 9.34. The van der Waals surface area contributed by atoms with Gasteiger partial charge in [-0.3, -0.25) is 0 Å². The molecule has 2 N–H and O–H groups in total. The fraction of sp³-hybridized carbons (Fsp3) is 0.545. The summed E-state index contributed by atoms with van der Waals surface area (Å²) in [6.45, 7) is 0.763. The third-order valence-corrected chi connectivity index (χ3v) is 3.98. The summed E-state index contributed by atoms with van der Waals surface area (Å²) in [4.78, 5) is 0. The van der Waals surface area contributed by atoms with Crippen LogP contribution in [0.3, 0.4) is 0 Å². The Balaban J connectivity index is 1.67. The molecular weight excluding hydrogens is 266 g/mol. The Kier molecular flexibility index (Phi) is 3.69. The van der Waals surface area contributed by atoms with Gasteiger partial charge in [-0.15, -0.1) is 10.2 Å². The maximum absolute atomic E-state index is 6.02. The average molecular weight is 281 g/mol. The normalized spacial score (nSPS) is 19.7. The molecule has 2 aromatic heterocycles. The molecule has 3 heterocycles.